The van der Waals surface area contributed by atoms with Crippen LogP contribution in [0.25, 0.3) is 0 Å². The summed E-state index contributed by atoms with van der Waals surface area (Å²) in [5, 5.41) is 0. The molecule has 3 aliphatic rings. The first-order valence-corrected chi connectivity index (χ1v) is 8.07. The van der Waals surface area contributed by atoms with E-state index in [0.717, 1.165) is 25.0 Å². The van der Waals surface area contributed by atoms with Crippen LogP contribution in [0.1, 0.15) is 25.7 Å². The summed E-state index contributed by atoms with van der Waals surface area (Å²) in [5.41, 5.74) is 0. The molecule has 0 aromatic carbocycles. The Bertz CT molecular complexity index is 291. The molecule has 0 saturated carbocycles. The van der Waals surface area contributed by atoms with Crippen molar-refractivity contribution in [3.05, 3.63) is 12.2 Å². The molecule has 0 aromatic heterocycles. The fourth-order valence-electron chi connectivity index (χ4n) is 3.63. The van der Waals surface area contributed by atoms with Gasteiger partial charge in [-0.15, -0.1) is 0 Å². The fourth-order valence-corrected chi connectivity index (χ4v) is 3.63. The van der Waals surface area contributed by atoms with E-state index in [4.69, 9.17) is 4.74 Å². The molecule has 19 heavy (non-hydrogen) atoms. The van der Waals surface area contributed by atoms with Gasteiger partial charge in [-0.05, 0) is 37.5 Å². The highest BCUT2D eigenvalue weighted by Crippen LogP contribution is 2.20. The molecule has 2 fully saturated rings. The van der Waals surface area contributed by atoms with Crippen molar-refractivity contribution in [3.8, 4) is 0 Å². The van der Waals surface area contributed by atoms with Crippen molar-refractivity contribution in [2.45, 2.75) is 25.7 Å². The lowest BCUT2D eigenvalue weighted by molar-refractivity contribution is 0.0988. The molecular formula is C16H28N2O. The summed E-state index contributed by atoms with van der Waals surface area (Å²) < 4.78 is 5.48. The molecule has 0 N–H and O–H groups in total. The van der Waals surface area contributed by atoms with E-state index < -0.39 is 0 Å². The maximum Gasteiger partial charge on any atom is 0.0507 e. The second-order valence-electron chi connectivity index (χ2n) is 6.48. The van der Waals surface area contributed by atoms with Gasteiger partial charge in [-0.25, -0.2) is 0 Å². The van der Waals surface area contributed by atoms with E-state index in [1.54, 1.807) is 0 Å². The molecule has 0 unspecified atom stereocenters. The summed E-state index contributed by atoms with van der Waals surface area (Å²) in [6.45, 7) is 9.64. The molecule has 3 rings (SSSR count). The van der Waals surface area contributed by atoms with Crippen LogP contribution in [0.4, 0.5) is 0 Å². The molecule has 0 aromatic rings. The maximum atomic E-state index is 5.48. The minimum Gasteiger partial charge on any atom is -0.381 e. The summed E-state index contributed by atoms with van der Waals surface area (Å²) in [6.07, 6.45) is 10.00. The zero-order chi connectivity index (χ0) is 12.9. The number of nitrogens with zero attached hydrogens (tertiary/aromatic N) is 2. The summed E-state index contributed by atoms with van der Waals surface area (Å²) >= 11 is 0. The lowest BCUT2D eigenvalue weighted by Gasteiger charge is -2.37. The highest BCUT2D eigenvalue weighted by Gasteiger charge is 2.23. The second-order valence-corrected chi connectivity index (χ2v) is 6.48. The Kier molecular flexibility index (Phi) is 4.91. The number of piperazine rings is 1. The molecular weight excluding hydrogens is 236 g/mol. The fraction of sp³-hybridized carbons (Fsp3) is 0.875. The van der Waals surface area contributed by atoms with Crippen LogP contribution in [0, 0.1) is 11.8 Å². The van der Waals surface area contributed by atoms with Crippen molar-refractivity contribution in [1.29, 1.82) is 0 Å². The second kappa shape index (κ2) is 6.87. The number of hydrogen-bond acceptors (Lipinski definition) is 3. The van der Waals surface area contributed by atoms with Crippen LogP contribution in [0.2, 0.25) is 0 Å². The first-order valence-electron chi connectivity index (χ1n) is 8.07. The van der Waals surface area contributed by atoms with Crippen LogP contribution in [0.15, 0.2) is 12.2 Å². The van der Waals surface area contributed by atoms with Gasteiger partial charge in [0.2, 0.25) is 0 Å². The van der Waals surface area contributed by atoms with Crippen LogP contribution < -0.4 is 0 Å². The van der Waals surface area contributed by atoms with Crippen LogP contribution in [0.3, 0.4) is 0 Å². The monoisotopic (exact) mass is 264 g/mol. The normalized spacial score (nSPS) is 33.9. The third-order valence-corrected chi connectivity index (χ3v) is 4.90. The van der Waals surface area contributed by atoms with Crippen LogP contribution in [0.5, 0.6) is 0 Å². The zero-order valence-corrected chi connectivity index (χ0v) is 12.1. The molecule has 2 saturated heterocycles. The first-order chi connectivity index (χ1) is 9.40. The van der Waals surface area contributed by atoms with Gasteiger partial charge in [0.25, 0.3) is 0 Å². The third-order valence-electron chi connectivity index (χ3n) is 4.90. The van der Waals surface area contributed by atoms with E-state index in [1.165, 1.54) is 65.0 Å². The number of allylic oxidation sites excluding steroid dienone is 2. The number of ether oxygens (including phenoxy) is 1. The predicted octanol–water partition coefficient (Wildman–Crippen LogP) is 2.00. The number of hydrogen-bond donors (Lipinski definition) is 0. The minimum absolute atomic E-state index is 0.801. The van der Waals surface area contributed by atoms with Crippen LogP contribution in [-0.2, 0) is 4.74 Å². The smallest absolute Gasteiger partial charge is 0.0507 e. The highest BCUT2D eigenvalue weighted by atomic mass is 16.5. The summed E-state index contributed by atoms with van der Waals surface area (Å²) in [4.78, 5) is 5.34. The van der Waals surface area contributed by atoms with Gasteiger partial charge in [-0.3, -0.25) is 0 Å². The largest absolute Gasteiger partial charge is 0.381 e. The van der Waals surface area contributed by atoms with E-state index in [0.29, 0.717) is 0 Å². The molecule has 3 heteroatoms. The summed E-state index contributed by atoms with van der Waals surface area (Å²) in [6, 6.07) is 0. The zero-order valence-electron chi connectivity index (χ0n) is 12.1. The van der Waals surface area contributed by atoms with Crippen molar-refractivity contribution < 1.29 is 4.74 Å². The van der Waals surface area contributed by atoms with Gasteiger partial charge >= 0.3 is 0 Å². The minimum atomic E-state index is 0.801. The van der Waals surface area contributed by atoms with Crippen LogP contribution in [-0.4, -0.2) is 62.3 Å². The van der Waals surface area contributed by atoms with E-state index in [2.05, 4.69) is 22.0 Å². The van der Waals surface area contributed by atoms with Crippen LogP contribution >= 0.6 is 0 Å². The molecule has 0 bridgehead atoms. The Morgan fingerprint density at radius 2 is 1.63 bits per heavy atom. The molecule has 1 aliphatic carbocycles. The van der Waals surface area contributed by atoms with Gasteiger partial charge in [-0.2, -0.15) is 0 Å². The van der Waals surface area contributed by atoms with Gasteiger partial charge in [0.05, 0.1) is 6.61 Å². The lowest BCUT2D eigenvalue weighted by atomic mass is 9.94. The van der Waals surface area contributed by atoms with Gasteiger partial charge in [-0.1, -0.05) is 12.2 Å². The quantitative estimate of drug-likeness (QED) is 0.722. The number of rotatable bonds is 4. The summed E-state index contributed by atoms with van der Waals surface area (Å²) in [5.74, 6) is 1.72. The predicted molar refractivity (Wildman–Crippen MR) is 78.3 cm³/mol. The van der Waals surface area contributed by atoms with Crippen molar-refractivity contribution in [1.82, 2.24) is 9.80 Å². The van der Waals surface area contributed by atoms with Gasteiger partial charge in [0.15, 0.2) is 0 Å². The van der Waals surface area contributed by atoms with Gasteiger partial charge in [0.1, 0.15) is 0 Å². The Hall–Kier alpha value is -0.380. The Balaban J connectivity index is 1.35. The molecule has 2 heterocycles. The third kappa shape index (κ3) is 4.04. The molecule has 0 radical (unpaired) electrons. The molecule has 0 spiro atoms. The molecule has 108 valence electrons. The standard InChI is InChI=1S/C16H28N2O/c1-2-4-15(5-3-1)12-17-7-9-18(10-8-17)13-16-6-11-19-14-16/h1-2,15-16H,3-14H2/t15-,16+/m0/s1. The Morgan fingerprint density at radius 1 is 0.895 bits per heavy atom. The average molecular weight is 264 g/mol. The van der Waals surface area contributed by atoms with E-state index in [1.807, 2.05) is 0 Å². The van der Waals surface area contributed by atoms with E-state index in [-0.39, 0.29) is 0 Å². The van der Waals surface area contributed by atoms with Crippen molar-refractivity contribution >= 4 is 0 Å². The SMILES string of the molecule is C1=CC[C@H](CN2CCN(C[C@H]3CCOC3)CC2)CC1. The van der Waals surface area contributed by atoms with E-state index in [9.17, 15) is 0 Å². The summed E-state index contributed by atoms with van der Waals surface area (Å²) in [7, 11) is 0. The highest BCUT2D eigenvalue weighted by molar-refractivity contribution is 4.91. The van der Waals surface area contributed by atoms with Gasteiger partial charge in [0, 0.05) is 45.9 Å². The lowest BCUT2D eigenvalue weighted by Crippen LogP contribution is -2.49. The van der Waals surface area contributed by atoms with Crippen molar-refractivity contribution in [3.63, 3.8) is 0 Å². The molecule has 2 atom stereocenters. The molecule has 2 aliphatic heterocycles. The topological polar surface area (TPSA) is 15.7 Å². The Labute approximate surface area is 117 Å². The Morgan fingerprint density at radius 3 is 2.21 bits per heavy atom. The maximum absolute atomic E-state index is 5.48. The van der Waals surface area contributed by atoms with E-state index >= 15 is 0 Å². The average Bonchev–Trinajstić information content (AvgIpc) is 2.95. The molecule has 0 amide bonds. The van der Waals surface area contributed by atoms with Gasteiger partial charge < -0.3 is 14.5 Å². The molecule has 3 nitrogen and oxygen atoms in total. The van der Waals surface area contributed by atoms with Crippen molar-refractivity contribution in [2.24, 2.45) is 11.8 Å². The first kappa shape index (κ1) is 13.6. The van der Waals surface area contributed by atoms with Crippen molar-refractivity contribution in [2.75, 3.05) is 52.5 Å².